The van der Waals surface area contributed by atoms with Crippen molar-refractivity contribution < 1.29 is 0 Å². The molecule has 80 valence electrons. The van der Waals surface area contributed by atoms with Gasteiger partial charge in [-0.05, 0) is 19.3 Å². The van der Waals surface area contributed by atoms with Crippen LogP contribution in [0.1, 0.15) is 19.3 Å². The van der Waals surface area contributed by atoms with Crippen LogP contribution in [-0.2, 0) is 0 Å². The Kier molecular flexibility index (Phi) is 3.13. The van der Waals surface area contributed by atoms with Crippen molar-refractivity contribution in [3.8, 4) is 6.07 Å². The molecular formula is C10H12ClN3S. The van der Waals surface area contributed by atoms with Crippen molar-refractivity contribution in [1.82, 2.24) is 4.98 Å². The Morgan fingerprint density at radius 1 is 1.67 bits per heavy atom. The van der Waals surface area contributed by atoms with Crippen LogP contribution in [0.4, 0.5) is 5.13 Å². The quantitative estimate of drug-likeness (QED) is 0.799. The number of nitriles is 1. The third-order valence-electron chi connectivity index (χ3n) is 2.91. The lowest BCUT2D eigenvalue weighted by Crippen LogP contribution is -2.33. The maximum Gasteiger partial charge on any atom is 0.186 e. The standard InChI is InChI=1S/C10H12ClN3S/c1-14(10-13-6-9(11)15-10)8-4-2-3-7(8)5-12/h6-8H,2-4H2,1H3. The predicted molar refractivity (Wildman–Crippen MR) is 62.3 cm³/mol. The molecule has 1 saturated carbocycles. The van der Waals surface area contributed by atoms with Crippen LogP contribution in [0.15, 0.2) is 6.20 Å². The number of nitrogens with zero attached hydrogens (tertiary/aromatic N) is 3. The van der Waals surface area contributed by atoms with Gasteiger partial charge >= 0.3 is 0 Å². The first-order valence-corrected chi connectivity index (χ1v) is 6.15. The molecule has 15 heavy (non-hydrogen) atoms. The molecule has 1 aliphatic rings. The van der Waals surface area contributed by atoms with Crippen molar-refractivity contribution >= 4 is 28.1 Å². The summed E-state index contributed by atoms with van der Waals surface area (Å²) in [5.74, 6) is 0.137. The van der Waals surface area contributed by atoms with Gasteiger partial charge in [0.25, 0.3) is 0 Å². The summed E-state index contributed by atoms with van der Waals surface area (Å²) in [6, 6.07) is 2.68. The molecule has 1 aromatic heterocycles. The molecule has 1 heterocycles. The fourth-order valence-electron chi connectivity index (χ4n) is 2.11. The van der Waals surface area contributed by atoms with E-state index in [-0.39, 0.29) is 5.92 Å². The van der Waals surface area contributed by atoms with E-state index in [0.29, 0.717) is 10.4 Å². The highest BCUT2D eigenvalue weighted by Crippen LogP contribution is 2.34. The maximum atomic E-state index is 9.02. The van der Waals surface area contributed by atoms with E-state index in [1.807, 2.05) is 7.05 Å². The molecule has 5 heteroatoms. The molecule has 0 amide bonds. The maximum absolute atomic E-state index is 9.02. The molecule has 0 spiro atoms. The average Bonchev–Trinajstić information content (AvgIpc) is 2.84. The Morgan fingerprint density at radius 3 is 3.07 bits per heavy atom. The van der Waals surface area contributed by atoms with Crippen molar-refractivity contribution in [1.29, 1.82) is 5.26 Å². The highest BCUT2D eigenvalue weighted by Gasteiger charge is 2.31. The van der Waals surface area contributed by atoms with E-state index < -0.39 is 0 Å². The number of hydrogen-bond donors (Lipinski definition) is 0. The second-order valence-electron chi connectivity index (χ2n) is 3.79. The van der Waals surface area contributed by atoms with Crippen molar-refractivity contribution in [2.24, 2.45) is 5.92 Å². The van der Waals surface area contributed by atoms with Crippen molar-refractivity contribution in [2.75, 3.05) is 11.9 Å². The van der Waals surface area contributed by atoms with Gasteiger partial charge in [0.1, 0.15) is 4.34 Å². The van der Waals surface area contributed by atoms with Gasteiger partial charge in [-0.2, -0.15) is 5.26 Å². The van der Waals surface area contributed by atoms with E-state index >= 15 is 0 Å². The molecule has 0 saturated heterocycles. The van der Waals surface area contributed by atoms with Gasteiger partial charge in [0, 0.05) is 13.1 Å². The molecule has 1 aliphatic carbocycles. The van der Waals surface area contributed by atoms with Gasteiger partial charge in [-0.3, -0.25) is 0 Å². The summed E-state index contributed by atoms with van der Waals surface area (Å²) in [7, 11) is 2.00. The van der Waals surface area contributed by atoms with Crippen LogP contribution < -0.4 is 4.90 Å². The lowest BCUT2D eigenvalue weighted by Gasteiger charge is -2.25. The summed E-state index contributed by atoms with van der Waals surface area (Å²) in [6.07, 6.45) is 4.87. The molecule has 2 atom stereocenters. The molecule has 3 nitrogen and oxygen atoms in total. The summed E-state index contributed by atoms with van der Waals surface area (Å²) in [6.45, 7) is 0. The zero-order valence-electron chi connectivity index (χ0n) is 8.48. The summed E-state index contributed by atoms with van der Waals surface area (Å²) in [4.78, 5) is 6.33. The third-order valence-corrected chi connectivity index (χ3v) is 4.12. The zero-order valence-corrected chi connectivity index (χ0v) is 10.1. The van der Waals surface area contributed by atoms with E-state index in [1.54, 1.807) is 6.20 Å². The summed E-state index contributed by atoms with van der Waals surface area (Å²) in [5, 5.41) is 9.93. The minimum Gasteiger partial charge on any atom is -0.347 e. The van der Waals surface area contributed by atoms with E-state index in [9.17, 15) is 0 Å². The van der Waals surface area contributed by atoms with Gasteiger partial charge in [0.05, 0.1) is 18.2 Å². The minimum absolute atomic E-state index is 0.137. The smallest absolute Gasteiger partial charge is 0.186 e. The van der Waals surface area contributed by atoms with Crippen LogP contribution >= 0.6 is 22.9 Å². The minimum atomic E-state index is 0.137. The van der Waals surface area contributed by atoms with Crippen molar-refractivity contribution in [3.05, 3.63) is 10.5 Å². The highest BCUT2D eigenvalue weighted by molar-refractivity contribution is 7.19. The van der Waals surface area contributed by atoms with Gasteiger partial charge in [-0.1, -0.05) is 22.9 Å². The lowest BCUT2D eigenvalue weighted by molar-refractivity contribution is 0.561. The Labute approximate surface area is 98.3 Å². The molecule has 0 aromatic carbocycles. The Hall–Kier alpha value is -0.790. The Morgan fingerprint density at radius 2 is 2.47 bits per heavy atom. The van der Waals surface area contributed by atoms with Crippen molar-refractivity contribution in [3.63, 3.8) is 0 Å². The van der Waals surface area contributed by atoms with Gasteiger partial charge in [0.15, 0.2) is 5.13 Å². The second-order valence-corrected chi connectivity index (χ2v) is 5.43. The van der Waals surface area contributed by atoms with Crippen LogP contribution in [0.3, 0.4) is 0 Å². The van der Waals surface area contributed by atoms with E-state index in [2.05, 4.69) is 16.0 Å². The van der Waals surface area contributed by atoms with Crippen LogP contribution in [0.25, 0.3) is 0 Å². The van der Waals surface area contributed by atoms with Crippen LogP contribution in [0, 0.1) is 17.2 Å². The summed E-state index contributed by atoms with van der Waals surface area (Å²) in [5.41, 5.74) is 0. The number of anilines is 1. The molecule has 0 aliphatic heterocycles. The number of aromatic nitrogens is 1. The molecule has 2 unspecified atom stereocenters. The van der Waals surface area contributed by atoms with E-state index in [0.717, 1.165) is 24.4 Å². The molecule has 1 aromatic rings. The largest absolute Gasteiger partial charge is 0.347 e. The molecule has 0 bridgehead atoms. The molecule has 1 fully saturated rings. The first-order valence-electron chi connectivity index (χ1n) is 4.96. The van der Waals surface area contributed by atoms with E-state index in [1.165, 1.54) is 11.3 Å². The highest BCUT2D eigenvalue weighted by atomic mass is 35.5. The first-order chi connectivity index (χ1) is 7.22. The monoisotopic (exact) mass is 241 g/mol. The fraction of sp³-hybridized carbons (Fsp3) is 0.600. The molecular weight excluding hydrogens is 230 g/mol. The van der Waals surface area contributed by atoms with Gasteiger partial charge in [0.2, 0.25) is 0 Å². The Bertz CT molecular complexity index is 384. The first kappa shape index (κ1) is 10.7. The molecule has 0 N–H and O–H groups in total. The Balaban J connectivity index is 2.14. The number of thiazole rings is 1. The van der Waals surface area contributed by atoms with Crippen LogP contribution in [-0.4, -0.2) is 18.1 Å². The van der Waals surface area contributed by atoms with Gasteiger partial charge in [-0.15, -0.1) is 0 Å². The van der Waals surface area contributed by atoms with Crippen molar-refractivity contribution in [2.45, 2.75) is 25.3 Å². The SMILES string of the molecule is CN(c1ncc(Cl)s1)C1CCCC1C#N. The molecule has 2 rings (SSSR count). The topological polar surface area (TPSA) is 39.9 Å². The second kappa shape index (κ2) is 4.38. The lowest BCUT2D eigenvalue weighted by atomic mass is 10.1. The van der Waals surface area contributed by atoms with Crippen LogP contribution in [0.2, 0.25) is 4.34 Å². The number of hydrogen-bond acceptors (Lipinski definition) is 4. The summed E-state index contributed by atoms with van der Waals surface area (Å²) < 4.78 is 0.698. The van der Waals surface area contributed by atoms with Gasteiger partial charge < -0.3 is 4.90 Å². The average molecular weight is 242 g/mol. The normalized spacial score (nSPS) is 25.1. The zero-order chi connectivity index (χ0) is 10.8. The fourth-order valence-corrected chi connectivity index (χ4v) is 3.03. The number of halogens is 1. The summed E-state index contributed by atoms with van der Waals surface area (Å²) >= 11 is 7.31. The van der Waals surface area contributed by atoms with Gasteiger partial charge in [-0.25, -0.2) is 4.98 Å². The number of rotatable bonds is 2. The third kappa shape index (κ3) is 2.09. The predicted octanol–water partition coefficient (Wildman–Crippen LogP) is 2.92. The molecule has 0 radical (unpaired) electrons. The van der Waals surface area contributed by atoms with Crippen LogP contribution in [0.5, 0.6) is 0 Å². The van der Waals surface area contributed by atoms with E-state index in [4.69, 9.17) is 16.9 Å².